The number of rotatable bonds is 9. The molecule has 0 spiro atoms. The zero-order chi connectivity index (χ0) is 22.8. The van der Waals surface area contributed by atoms with Crippen LogP contribution < -0.4 is 25.1 Å². The molecule has 1 atom stereocenters. The zero-order valence-corrected chi connectivity index (χ0v) is 17.4. The lowest BCUT2D eigenvalue weighted by Crippen LogP contribution is -2.48. The van der Waals surface area contributed by atoms with Gasteiger partial charge in [0.25, 0.3) is 11.8 Å². The average molecular weight is 438 g/mol. The first kappa shape index (κ1) is 22.6. The summed E-state index contributed by atoms with van der Waals surface area (Å²) in [4.78, 5) is 23.9. The van der Waals surface area contributed by atoms with Gasteiger partial charge in [-0.25, -0.2) is 4.39 Å². The number of carbonyl (C=O) groups excluding carboxylic acids is 2. The van der Waals surface area contributed by atoms with E-state index in [1.54, 1.807) is 24.3 Å². The molecule has 0 aliphatic rings. The van der Waals surface area contributed by atoms with Crippen LogP contribution in [0.15, 0.2) is 78.9 Å². The van der Waals surface area contributed by atoms with Gasteiger partial charge in [0.1, 0.15) is 29.7 Å². The van der Waals surface area contributed by atoms with Crippen molar-refractivity contribution in [3.8, 4) is 17.2 Å². The number of hydrogen-bond donors (Lipinski definition) is 2. The van der Waals surface area contributed by atoms with Crippen molar-refractivity contribution >= 4 is 11.8 Å². The van der Waals surface area contributed by atoms with E-state index in [-0.39, 0.29) is 6.61 Å². The SMILES string of the molecule is CC(Oc1ccc(F)cc1)C(=O)NNC(=O)COc1ccc(OCc2ccccc2)cc1. The molecule has 0 saturated carbocycles. The Morgan fingerprint density at radius 3 is 2.06 bits per heavy atom. The smallest absolute Gasteiger partial charge is 0.279 e. The van der Waals surface area contributed by atoms with Crippen molar-refractivity contribution in [1.82, 2.24) is 10.9 Å². The highest BCUT2D eigenvalue weighted by Gasteiger charge is 2.15. The van der Waals surface area contributed by atoms with Gasteiger partial charge in [0, 0.05) is 0 Å². The van der Waals surface area contributed by atoms with Crippen LogP contribution in [0, 0.1) is 5.82 Å². The second kappa shape index (κ2) is 11.4. The molecule has 166 valence electrons. The van der Waals surface area contributed by atoms with Crippen molar-refractivity contribution in [3.05, 3.63) is 90.2 Å². The molecule has 0 bridgehead atoms. The predicted octanol–water partition coefficient (Wildman–Crippen LogP) is 3.40. The monoisotopic (exact) mass is 438 g/mol. The molecule has 0 fully saturated rings. The number of carbonyl (C=O) groups is 2. The summed E-state index contributed by atoms with van der Waals surface area (Å²) < 4.78 is 29.4. The van der Waals surface area contributed by atoms with Crippen LogP contribution in [-0.2, 0) is 16.2 Å². The largest absolute Gasteiger partial charge is 0.489 e. The Bertz CT molecular complexity index is 1010. The van der Waals surface area contributed by atoms with E-state index < -0.39 is 23.7 Å². The fraction of sp³-hybridized carbons (Fsp3) is 0.167. The third-order valence-corrected chi connectivity index (χ3v) is 4.26. The van der Waals surface area contributed by atoms with Crippen LogP contribution in [0.4, 0.5) is 4.39 Å². The van der Waals surface area contributed by atoms with Crippen molar-refractivity contribution in [1.29, 1.82) is 0 Å². The van der Waals surface area contributed by atoms with Gasteiger partial charge in [0.05, 0.1) is 0 Å². The highest BCUT2D eigenvalue weighted by molar-refractivity contribution is 5.85. The Hall–Kier alpha value is -4.07. The van der Waals surface area contributed by atoms with Gasteiger partial charge in [-0.05, 0) is 61.0 Å². The van der Waals surface area contributed by atoms with Crippen LogP contribution in [0.5, 0.6) is 17.2 Å². The highest BCUT2D eigenvalue weighted by Crippen LogP contribution is 2.18. The van der Waals surface area contributed by atoms with Crippen molar-refractivity contribution in [2.75, 3.05) is 6.61 Å². The molecule has 2 amide bonds. The molecule has 0 aromatic heterocycles. The predicted molar refractivity (Wildman–Crippen MR) is 115 cm³/mol. The maximum atomic E-state index is 12.9. The molecule has 2 N–H and O–H groups in total. The van der Waals surface area contributed by atoms with E-state index in [1.165, 1.54) is 31.2 Å². The van der Waals surface area contributed by atoms with Crippen LogP contribution in [0.3, 0.4) is 0 Å². The standard InChI is InChI=1S/C24H23FN2O5/c1-17(32-22-9-7-19(25)8-10-22)24(29)27-26-23(28)16-31-21-13-11-20(12-14-21)30-15-18-5-3-2-4-6-18/h2-14,17H,15-16H2,1H3,(H,26,28)(H,27,29). The fourth-order valence-corrected chi connectivity index (χ4v) is 2.56. The van der Waals surface area contributed by atoms with E-state index in [1.807, 2.05) is 30.3 Å². The highest BCUT2D eigenvalue weighted by atomic mass is 19.1. The molecule has 3 aromatic carbocycles. The topological polar surface area (TPSA) is 85.9 Å². The van der Waals surface area contributed by atoms with Crippen molar-refractivity contribution < 1.29 is 28.2 Å². The first-order valence-corrected chi connectivity index (χ1v) is 9.90. The lowest BCUT2D eigenvalue weighted by molar-refractivity contribution is -0.133. The summed E-state index contributed by atoms with van der Waals surface area (Å²) in [7, 11) is 0. The summed E-state index contributed by atoms with van der Waals surface area (Å²) in [6.07, 6.45) is -0.898. The lowest BCUT2D eigenvalue weighted by Gasteiger charge is -2.15. The minimum Gasteiger partial charge on any atom is -0.489 e. The first-order chi connectivity index (χ1) is 15.5. The number of hydrazine groups is 1. The summed E-state index contributed by atoms with van der Waals surface area (Å²) in [5.41, 5.74) is 5.56. The van der Waals surface area contributed by atoms with E-state index in [2.05, 4.69) is 10.9 Å². The molecule has 0 saturated heterocycles. The Morgan fingerprint density at radius 2 is 1.41 bits per heavy atom. The molecular formula is C24H23FN2O5. The molecule has 3 aromatic rings. The molecule has 3 rings (SSSR count). The maximum Gasteiger partial charge on any atom is 0.279 e. The third kappa shape index (κ3) is 7.32. The van der Waals surface area contributed by atoms with Gasteiger partial charge in [0.2, 0.25) is 0 Å². The summed E-state index contributed by atoms with van der Waals surface area (Å²) in [6.45, 7) is 1.66. The van der Waals surface area contributed by atoms with Crippen LogP contribution >= 0.6 is 0 Å². The number of amides is 2. The van der Waals surface area contributed by atoms with Gasteiger partial charge < -0.3 is 14.2 Å². The first-order valence-electron chi connectivity index (χ1n) is 9.90. The Kier molecular flexibility index (Phi) is 8.02. The van der Waals surface area contributed by atoms with Gasteiger partial charge >= 0.3 is 0 Å². The van der Waals surface area contributed by atoms with Crippen molar-refractivity contribution in [2.45, 2.75) is 19.6 Å². The number of halogens is 1. The number of benzene rings is 3. The van der Waals surface area contributed by atoms with Gasteiger partial charge in [-0.3, -0.25) is 20.4 Å². The van der Waals surface area contributed by atoms with E-state index in [9.17, 15) is 14.0 Å². The van der Waals surface area contributed by atoms with Crippen LogP contribution in [0.25, 0.3) is 0 Å². The second-order valence-corrected chi connectivity index (χ2v) is 6.79. The summed E-state index contributed by atoms with van der Waals surface area (Å²) >= 11 is 0. The molecule has 0 aliphatic carbocycles. The molecule has 0 aliphatic heterocycles. The summed E-state index contributed by atoms with van der Waals surface area (Å²) in [5, 5.41) is 0. The van der Waals surface area contributed by atoms with Crippen molar-refractivity contribution in [2.24, 2.45) is 0 Å². The van der Waals surface area contributed by atoms with E-state index in [4.69, 9.17) is 14.2 Å². The maximum absolute atomic E-state index is 12.9. The summed E-state index contributed by atoms with van der Waals surface area (Å²) in [5.74, 6) is -0.0325. The molecule has 1 unspecified atom stereocenters. The quantitative estimate of drug-likeness (QED) is 0.500. The molecule has 32 heavy (non-hydrogen) atoms. The molecule has 0 radical (unpaired) electrons. The van der Waals surface area contributed by atoms with Crippen LogP contribution in [-0.4, -0.2) is 24.5 Å². The Morgan fingerprint density at radius 1 is 0.812 bits per heavy atom. The van der Waals surface area contributed by atoms with Gasteiger partial charge in [-0.1, -0.05) is 30.3 Å². The Balaban J connectivity index is 1.35. The second-order valence-electron chi connectivity index (χ2n) is 6.79. The molecule has 8 heteroatoms. The number of hydrogen-bond acceptors (Lipinski definition) is 5. The Labute approximate surface area is 185 Å². The lowest BCUT2D eigenvalue weighted by atomic mass is 10.2. The van der Waals surface area contributed by atoms with Gasteiger partial charge in [-0.2, -0.15) is 0 Å². The average Bonchev–Trinajstić information content (AvgIpc) is 2.82. The molecule has 0 heterocycles. The van der Waals surface area contributed by atoms with E-state index in [0.29, 0.717) is 23.9 Å². The summed E-state index contributed by atoms with van der Waals surface area (Å²) in [6, 6.07) is 21.9. The minimum absolute atomic E-state index is 0.294. The van der Waals surface area contributed by atoms with Gasteiger partial charge in [-0.15, -0.1) is 0 Å². The number of nitrogens with one attached hydrogen (secondary N) is 2. The van der Waals surface area contributed by atoms with E-state index in [0.717, 1.165) is 5.56 Å². The van der Waals surface area contributed by atoms with Crippen LogP contribution in [0.1, 0.15) is 12.5 Å². The van der Waals surface area contributed by atoms with Gasteiger partial charge in [0.15, 0.2) is 12.7 Å². The van der Waals surface area contributed by atoms with Crippen LogP contribution in [0.2, 0.25) is 0 Å². The minimum atomic E-state index is -0.898. The normalized spacial score (nSPS) is 11.2. The number of ether oxygens (including phenoxy) is 3. The third-order valence-electron chi connectivity index (χ3n) is 4.26. The zero-order valence-electron chi connectivity index (χ0n) is 17.4. The van der Waals surface area contributed by atoms with E-state index >= 15 is 0 Å². The fourth-order valence-electron chi connectivity index (χ4n) is 2.56. The van der Waals surface area contributed by atoms with Crippen molar-refractivity contribution in [3.63, 3.8) is 0 Å². The molecular weight excluding hydrogens is 415 g/mol. The molecule has 7 nitrogen and oxygen atoms in total.